The van der Waals surface area contributed by atoms with Crippen LogP contribution in [0.3, 0.4) is 0 Å². The highest BCUT2D eigenvalue weighted by Gasteiger charge is 2.11. The molecular formula is C16H19Br2NOS. The van der Waals surface area contributed by atoms with Crippen molar-refractivity contribution in [2.24, 2.45) is 0 Å². The highest BCUT2D eigenvalue weighted by molar-refractivity contribution is 9.11. The Morgan fingerprint density at radius 1 is 1.33 bits per heavy atom. The number of ether oxygens (including phenoxy) is 1. The van der Waals surface area contributed by atoms with Gasteiger partial charge in [-0.1, -0.05) is 15.9 Å². The quantitative estimate of drug-likeness (QED) is 0.632. The second kappa shape index (κ2) is 8.32. The van der Waals surface area contributed by atoms with Crippen LogP contribution in [0.25, 0.3) is 0 Å². The van der Waals surface area contributed by atoms with Crippen LogP contribution in [0.1, 0.15) is 25.0 Å². The molecule has 2 nitrogen and oxygen atoms in total. The number of rotatable bonds is 7. The molecule has 1 unspecified atom stereocenters. The van der Waals surface area contributed by atoms with Crippen LogP contribution in [0.15, 0.2) is 37.9 Å². The lowest BCUT2D eigenvalue weighted by Crippen LogP contribution is -2.27. The average Bonchev–Trinajstić information content (AvgIpc) is 2.92. The predicted octanol–water partition coefficient (Wildman–Crippen LogP) is 5.39. The summed E-state index contributed by atoms with van der Waals surface area (Å²) in [5.74, 6) is 0.927. The van der Waals surface area contributed by atoms with E-state index in [9.17, 15) is 0 Å². The summed E-state index contributed by atoms with van der Waals surface area (Å²) in [7, 11) is 0. The Bertz CT molecular complexity index is 572. The maximum Gasteiger partial charge on any atom is 0.138 e. The van der Waals surface area contributed by atoms with Crippen LogP contribution in [0.2, 0.25) is 0 Å². The van der Waals surface area contributed by atoms with Gasteiger partial charge in [-0.05, 0) is 70.7 Å². The third kappa shape index (κ3) is 5.09. The zero-order valence-electron chi connectivity index (χ0n) is 12.2. The first-order valence-corrected chi connectivity index (χ1v) is 9.48. The van der Waals surface area contributed by atoms with Crippen LogP contribution in [-0.2, 0) is 13.0 Å². The maximum atomic E-state index is 5.75. The smallest absolute Gasteiger partial charge is 0.138 e. The molecule has 0 saturated carbocycles. The average molecular weight is 433 g/mol. The van der Waals surface area contributed by atoms with E-state index in [1.807, 2.05) is 13.0 Å². The zero-order valence-corrected chi connectivity index (χ0v) is 16.1. The van der Waals surface area contributed by atoms with E-state index in [1.165, 1.54) is 5.56 Å². The second-order valence-corrected chi connectivity index (χ2v) is 7.48. The van der Waals surface area contributed by atoms with Gasteiger partial charge in [0.15, 0.2) is 0 Å². The van der Waals surface area contributed by atoms with Gasteiger partial charge < -0.3 is 10.1 Å². The highest BCUT2D eigenvalue weighted by atomic mass is 79.9. The van der Waals surface area contributed by atoms with Crippen LogP contribution in [-0.4, -0.2) is 12.6 Å². The lowest BCUT2D eigenvalue weighted by Gasteiger charge is -2.17. The monoisotopic (exact) mass is 431 g/mol. The number of benzene rings is 1. The van der Waals surface area contributed by atoms with Crippen molar-refractivity contribution in [2.75, 3.05) is 6.61 Å². The largest absolute Gasteiger partial charge is 0.492 e. The minimum atomic E-state index is 0.423. The lowest BCUT2D eigenvalue weighted by atomic mass is 10.1. The Hall–Kier alpha value is -0.360. The topological polar surface area (TPSA) is 21.3 Å². The van der Waals surface area contributed by atoms with Crippen LogP contribution in [0.5, 0.6) is 5.75 Å². The molecule has 1 N–H and O–H groups in total. The summed E-state index contributed by atoms with van der Waals surface area (Å²) in [4.78, 5) is 0. The SMILES string of the molecule is CCOc1c(Br)cc(Br)cc1CNC(C)Cc1ccsc1. The number of hydrogen-bond acceptors (Lipinski definition) is 3. The molecule has 1 atom stereocenters. The normalized spacial score (nSPS) is 12.4. The summed E-state index contributed by atoms with van der Waals surface area (Å²) < 4.78 is 7.80. The van der Waals surface area contributed by atoms with Crippen molar-refractivity contribution in [1.82, 2.24) is 5.32 Å². The van der Waals surface area contributed by atoms with Crippen LogP contribution in [0.4, 0.5) is 0 Å². The van der Waals surface area contributed by atoms with E-state index in [4.69, 9.17) is 4.74 Å². The molecule has 0 aliphatic rings. The summed E-state index contributed by atoms with van der Waals surface area (Å²) in [5, 5.41) is 7.91. The van der Waals surface area contributed by atoms with Crippen LogP contribution >= 0.6 is 43.2 Å². The molecule has 0 fully saturated rings. The van der Waals surface area contributed by atoms with Crippen molar-refractivity contribution in [2.45, 2.75) is 32.9 Å². The van der Waals surface area contributed by atoms with Gasteiger partial charge in [0.05, 0.1) is 11.1 Å². The van der Waals surface area contributed by atoms with E-state index in [2.05, 4.69) is 67.0 Å². The molecule has 114 valence electrons. The summed E-state index contributed by atoms with van der Waals surface area (Å²) in [6.45, 7) is 5.67. The van der Waals surface area contributed by atoms with Gasteiger partial charge >= 0.3 is 0 Å². The van der Waals surface area contributed by atoms with Crippen LogP contribution < -0.4 is 10.1 Å². The molecule has 2 aromatic rings. The zero-order chi connectivity index (χ0) is 15.2. The molecule has 2 rings (SSSR count). The number of nitrogens with one attached hydrogen (secondary N) is 1. The molecule has 0 bridgehead atoms. The Morgan fingerprint density at radius 2 is 2.14 bits per heavy atom. The Kier molecular flexibility index (Phi) is 6.74. The minimum Gasteiger partial charge on any atom is -0.492 e. The van der Waals surface area contributed by atoms with Gasteiger partial charge in [0, 0.05) is 22.6 Å². The highest BCUT2D eigenvalue weighted by Crippen LogP contribution is 2.33. The van der Waals surface area contributed by atoms with Gasteiger partial charge in [0.2, 0.25) is 0 Å². The van der Waals surface area contributed by atoms with Gasteiger partial charge in [-0.15, -0.1) is 0 Å². The summed E-state index contributed by atoms with van der Waals surface area (Å²) in [6, 6.07) is 6.74. The maximum absolute atomic E-state index is 5.75. The second-order valence-electron chi connectivity index (χ2n) is 4.93. The summed E-state index contributed by atoms with van der Waals surface area (Å²) in [6.07, 6.45) is 1.04. The third-order valence-electron chi connectivity index (χ3n) is 3.14. The molecule has 0 saturated heterocycles. The van der Waals surface area contributed by atoms with Crippen molar-refractivity contribution in [3.8, 4) is 5.75 Å². The first-order chi connectivity index (χ1) is 10.1. The molecule has 5 heteroatoms. The lowest BCUT2D eigenvalue weighted by molar-refractivity contribution is 0.332. The summed E-state index contributed by atoms with van der Waals surface area (Å²) >= 11 is 8.86. The van der Waals surface area contributed by atoms with Crippen molar-refractivity contribution >= 4 is 43.2 Å². The van der Waals surface area contributed by atoms with Gasteiger partial charge in [-0.25, -0.2) is 0 Å². The van der Waals surface area contributed by atoms with Gasteiger partial charge in [-0.3, -0.25) is 0 Å². The van der Waals surface area contributed by atoms with Gasteiger partial charge in [0.1, 0.15) is 5.75 Å². The number of hydrogen-bond donors (Lipinski definition) is 1. The molecular weight excluding hydrogens is 414 g/mol. The Labute approximate surface area is 147 Å². The van der Waals surface area contributed by atoms with E-state index in [0.717, 1.165) is 33.2 Å². The molecule has 1 aromatic carbocycles. The third-order valence-corrected chi connectivity index (χ3v) is 4.92. The predicted molar refractivity (Wildman–Crippen MR) is 97.3 cm³/mol. The Balaban J connectivity index is 2.01. The standard InChI is InChI=1S/C16H19Br2NOS/c1-3-20-16-13(7-14(17)8-15(16)18)9-19-11(2)6-12-4-5-21-10-12/h4-5,7-8,10-11,19H,3,6,9H2,1-2H3. The van der Waals surface area contributed by atoms with E-state index < -0.39 is 0 Å². The fraction of sp³-hybridized carbons (Fsp3) is 0.375. The van der Waals surface area contributed by atoms with Crippen molar-refractivity contribution < 1.29 is 4.74 Å². The molecule has 1 heterocycles. The van der Waals surface area contributed by atoms with Crippen LogP contribution in [0, 0.1) is 0 Å². The molecule has 0 spiro atoms. The van der Waals surface area contributed by atoms with Crippen molar-refractivity contribution in [1.29, 1.82) is 0 Å². The summed E-state index contributed by atoms with van der Waals surface area (Å²) in [5.41, 5.74) is 2.55. The minimum absolute atomic E-state index is 0.423. The van der Waals surface area contributed by atoms with E-state index in [0.29, 0.717) is 12.6 Å². The Morgan fingerprint density at radius 3 is 2.81 bits per heavy atom. The van der Waals surface area contributed by atoms with Crippen molar-refractivity contribution in [3.05, 3.63) is 49.0 Å². The van der Waals surface area contributed by atoms with Gasteiger partial charge in [-0.2, -0.15) is 11.3 Å². The van der Waals surface area contributed by atoms with Gasteiger partial charge in [0.25, 0.3) is 0 Å². The molecule has 0 amide bonds. The van der Waals surface area contributed by atoms with E-state index in [-0.39, 0.29) is 0 Å². The first-order valence-electron chi connectivity index (χ1n) is 6.95. The van der Waals surface area contributed by atoms with E-state index in [1.54, 1.807) is 11.3 Å². The number of halogens is 2. The molecule has 0 radical (unpaired) electrons. The molecule has 1 aromatic heterocycles. The molecule has 21 heavy (non-hydrogen) atoms. The van der Waals surface area contributed by atoms with Crippen molar-refractivity contribution in [3.63, 3.8) is 0 Å². The molecule has 0 aliphatic heterocycles. The number of thiophene rings is 1. The fourth-order valence-electron chi connectivity index (χ4n) is 2.17. The molecule has 0 aliphatic carbocycles. The first kappa shape index (κ1) is 17.0. The van der Waals surface area contributed by atoms with E-state index >= 15 is 0 Å². The fourth-order valence-corrected chi connectivity index (χ4v) is 4.28.